The van der Waals surface area contributed by atoms with E-state index in [1.807, 2.05) is 70.6 Å². The fourth-order valence-electron chi connectivity index (χ4n) is 6.30. The second kappa shape index (κ2) is 13.0. The lowest BCUT2D eigenvalue weighted by Gasteiger charge is -2.46. The number of anilines is 1. The number of ether oxygens (including phenoxy) is 1. The van der Waals surface area contributed by atoms with Crippen LogP contribution in [0.25, 0.3) is 0 Å². The quantitative estimate of drug-likeness (QED) is 0.436. The highest BCUT2D eigenvalue weighted by atomic mass is 35.5. The molecule has 2 amide bonds. The molecule has 3 aliphatic rings. The molecule has 2 unspecified atom stereocenters. The monoisotopic (exact) mass is 586 g/mol. The molecule has 7 nitrogen and oxygen atoms in total. The number of amides is 2. The first-order valence-corrected chi connectivity index (χ1v) is 14.8. The number of halogens is 1. The average molecular weight is 587 g/mol. The molecule has 0 bridgehead atoms. The molecule has 1 N–H and O–H groups in total. The van der Waals surface area contributed by atoms with Crippen LogP contribution in [0.2, 0.25) is 5.02 Å². The SMILES string of the molecule is C=C/C=C\C1=C(C)C(C2C(C(=O)N3CCN(c4cc(Cl)ccc4C)CC3)c3ccccc3C(=O)N2CCOC)=CNC1. The van der Waals surface area contributed by atoms with Gasteiger partial charge in [-0.3, -0.25) is 9.59 Å². The molecule has 0 radical (unpaired) electrons. The maximum atomic E-state index is 14.6. The minimum atomic E-state index is -0.555. The van der Waals surface area contributed by atoms with Gasteiger partial charge in [-0.25, -0.2) is 0 Å². The Hall–Kier alpha value is -3.81. The number of methoxy groups -OCH3 is 1. The molecule has 3 heterocycles. The molecular weight excluding hydrogens is 548 g/mol. The number of nitrogens with zero attached hydrogens (tertiary/aromatic N) is 3. The predicted molar refractivity (Wildman–Crippen MR) is 169 cm³/mol. The molecule has 1 fully saturated rings. The highest BCUT2D eigenvalue weighted by molar-refractivity contribution is 6.30. The van der Waals surface area contributed by atoms with Crippen LogP contribution in [-0.4, -0.2) is 80.6 Å². The number of fused-ring (bicyclic) bond motifs is 1. The van der Waals surface area contributed by atoms with Crippen LogP contribution in [0.15, 0.2) is 90.2 Å². The molecule has 0 aliphatic carbocycles. The summed E-state index contributed by atoms with van der Waals surface area (Å²) in [7, 11) is 1.63. The van der Waals surface area contributed by atoms with Crippen molar-refractivity contribution >= 4 is 29.1 Å². The molecule has 2 aromatic rings. The third-order valence-electron chi connectivity index (χ3n) is 8.56. The zero-order chi connectivity index (χ0) is 29.8. The number of hydrogen-bond acceptors (Lipinski definition) is 5. The Balaban J connectivity index is 1.52. The Bertz CT molecular complexity index is 1450. The van der Waals surface area contributed by atoms with E-state index in [0.717, 1.165) is 33.5 Å². The van der Waals surface area contributed by atoms with Crippen molar-refractivity contribution in [2.24, 2.45) is 0 Å². The maximum absolute atomic E-state index is 14.6. The number of hydrogen-bond donors (Lipinski definition) is 1. The molecule has 220 valence electrons. The van der Waals surface area contributed by atoms with Gasteiger partial charge in [0.1, 0.15) is 0 Å². The fraction of sp³-hybridized carbons (Fsp3) is 0.353. The first-order chi connectivity index (χ1) is 20.3. The standard InChI is InChI=1S/C34H39ClN4O3/c1-5-6-9-25-21-36-22-29(24(25)3)32-31(27-10-7-8-11-28(27)33(40)39(32)18-19-42-4)34(41)38-16-14-37(15-17-38)30-20-26(35)13-12-23(30)2/h5-13,20,22,31-32,36H,1,14-19,21H2,2-4H3/b9-6-. The van der Waals surface area contributed by atoms with Gasteiger partial charge in [0.05, 0.1) is 18.6 Å². The van der Waals surface area contributed by atoms with Crippen LogP contribution >= 0.6 is 11.6 Å². The van der Waals surface area contributed by atoms with Crippen LogP contribution in [-0.2, 0) is 9.53 Å². The molecule has 2 aromatic carbocycles. The van der Waals surface area contributed by atoms with Gasteiger partial charge in [-0.15, -0.1) is 0 Å². The van der Waals surface area contributed by atoms with E-state index in [2.05, 4.69) is 30.6 Å². The highest BCUT2D eigenvalue weighted by Gasteiger charge is 2.47. The largest absolute Gasteiger partial charge is 0.387 e. The molecule has 0 aromatic heterocycles. The fourth-order valence-corrected chi connectivity index (χ4v) is 6.47. The summed E-state index contributed by atoms with van der Waals surface area (Å²) in [4.78, 5) is 34.7. The van der Waals surface area contributed by atoms with Gasteiger partial charge in [0, 0.05) is 68.9 Å². The summed E-state index contributed by atoms with van der Waals surface area (Å²) in [6.07, 6.45) is 7.68. The number of benzene rings is 2. The summed E-state index contributed by atoms with van der Waals surface area (Å²) >= 11 is 6.31. The molecule has 5 rings (SSSR count). The van der Waals surface area contributed by atoms with Gasteiger partial charge in [0.25, 0.3) is 5.91 Å². The lowest BCUT2D eigenvalue weighted by Crippen LogP contribution is -2.57. The molecule has 2 atom stereocenters. The van der Waals surface area contributed by atoms with Gasteiger partial charge in [-0.1, -0.05) is 60.7 Å². The summed E-state index contributed by atoms with van der Waals surface area (Å²) in [6.45, 7) is 12.0. The lowest BCUT2D eigenvalue weighted by molar-refractivity contribution is -0.134. The van der Waals surface area contributed by atoms with Crippen molar-refractivity contribution < 1.29 is 14.3 Å². The zero-order valence-corrected chi connectivity index (χ0v) is 25.4. The van der Waals surface area contributed by atoms with Crippen LogP contribution in [0.5, 0.6) is 0 Å². The van der Waals surface area contributed by atoms with Crippen molar-refractivity contribution in [1.82, 2.24) is 15.1 Å². The summed E-state index contributed by atoms with van der Waals surface area (Å²) < 4.78 is 5.43. The number of allylic oxidation sites excluding steroid dienone is 2. The molecule has 42 heavy (non-hydrogen) atoms. The van der Waals surface area contributed by atoms with E-state index < -0.39 is 12.0 Å². The maximum Gasteiger partial charge on any atom is 0.254 e. The second-order valence-corrected chi connectivity index (χ2v) is 11.4. The van der Waals surface area contributed by atoms with Gasteiger partial charge in [-0.2, -0.15) is 0 Å². The van der Waals surface area contributed by atoms with Crippen molar-refractivity contribution in [3.8, 4) is 0 Å². The third-order valence-corrected chi connectivity index (χ3v) is 8.80. The number of piperazine rings is 1. The van der Waals surface area contributed by atoms with Crippen LogP contribution in [0.4, 0.5) is 5.69 Å². The minimum Gasteiger partial charge on any atom is -0.387 e. The Morgan fingerprint density at radius 1 is 1.14 bits per heavy atom. The van der Waals surface area contributed by atoms with Crippen molar-refractivity contribution in [1.29, 1.82) is 0 Å². The summed E-state index contributed by atoms with van der Waals surface area (Å²) in [5.41, 5.74) is 6.72. The van der Waals surface area contributed by atoms with Crippen molar-refractivity contribution in [3.05, 3.63) is 112 Å². The smallest absolute Gasteiger partial charge is 0.254 e. The number of carbonyl (C=O) groups excluding carboxylic acids is 2. The normalized spacial score (nSPS) is 20.9. The number of nitrogens with one attached hydrogen (secondary N) is 1. The highest BCUT2D eigenvalue weighted by Crippen LogP contribution is 2.41. The Kier molecular flexibility index (Phi) is 9.19. The van der Waals surface area contributed by atoms with E-state index in [4.69, 9.17) is 16.3 Å². The Morgan fingerprint density at radius 2 is 1.90 bits per heavy atom. The molecule has 3 aliphatic heterocycles. The van der Waals surface area contributed by atoms with Crippen molar-refractivity contribution in [2.75, 3.05) is 57.9 Å². The van der Waals surface area contributed by atoms with E-state index in [0.29, 0.717) is 56.5 Å². The van der Waals surface area contributed by atoms with E-state index in [1.54, 1.807) is 13.2 Å². The summed E-state index contributed by atoms with van der Waals surface area (Å²) in [6, 6.07) is 13.0. The third kappa shape index (κ3) is 5.76. The Labute approximate surface area is 253 Å². The summed E-state index contributed by atoms with van der Waals surface area (Å²) in [5.74, 6) is -0.603. The molecule has 8 heteroatoms. The second-order valence-electron chi connectivity index (χ2n) is 11.0. The number of rotatable bonds is 8. The van der Waals surface area contributed by atoms with Crippen LogP contribution < -0.4 is 10.2 Å². The van der Waals surface area contributed by atoms with E-state index >= 15 is 0 Å². The van der Waals surface area contributed by atoms with E-state index in [-0.39, 0.29) is 11.8 Å². The topological polar surface area (TPSA) is 65.1 Å². The van der Waals surface area contributed by atoms with E-state index in [1.165, 1.54) is 0 Å². The van der Waals surface area contributed by atoms with Crippen molar-refractivity contribution in [3.63, 3.8) is 0 Å². The predicted octanol–water partition coefficient (Wildman–Crippen LogP) is 5.10. The number of aryl methyl sites for hydroxylation is 1. The average Bonchev–Trinajstić information content (AvgIpc) is 3.01. The molecular formula is C34H39ClN4O3. The number of dihydropyridines is 1. The van der Waals surface area contributed by atoms with Gasteiger partial charge in [0.15, 0.2) is 0 Å². The molecule has 0 spiro atoms. The zero-order valence-electron chi connectivity index (χ0n) is 24.6. The first-order valence-electron chi connectivity index (χ1n) is 14.5. The molecule has 0 saturated carbocycles. The van der Waals surface area contributed by atoms with Crippen LogP contribution in [0.1, 0.15) is 34.3 Å². The summed E-state index contributed by atoms with van der Waals surface area (Å²) in [5, 5.41) is 4.10. The minimum absolute atomic E-state index is 0.0345. The molecule has 1 saturated heterocycles. The van der Waals surface area contributed by atoms with Gasteiger partial charge in [0.2, 0.25) is 5.91 Å². The Morgan fingerprint density at radius 3 is 2.64 bits per heavy atom. The van der Waals surface area contributed by atoms with Crippen LogP contribution in [0.3, 0.4) is 0 Å². The lowest BCUT2D eigenvalue weighted by atomic mass is 9.76. The van der Waals surface area contributed by atoms with Crippen molar-refractivity contribution in [2.45, 2.75) is 25.8 Å². The van der Waals surface area contributed by atoms with Gasteiger partial charge < -0.3 is 24.8 Å². The van der Waals surface area contributed by atoms with Gasteiger partial charge in [-0.05, 0) is 59.9 Å². The van der Waals surface area contributed by atoms with Gasteiger partial charge >= 0.3 is 0 Å². The first kappa shape index (κ1) is 29.7. The number of carbonyl (C=O) groups is 2. The van der Waals surface area contributed by atoms with E-state index in [9.17, 15) is 9.59 Å². The van der Waals surface area contributed by atoms with Crippen LogP contribution in [0, 0.1) is 6.92 Å².